The van der Waals surface area contributed by atoms with E-state index >= 15 is 0 Å². The minimum atomic E-state index is 0.0568. The summed E-state index contributed by atoms with van der Waals surface area (Å²) < 4.78 is 0. The van der Waals surface area contributed by atoms with Crippen molar-refractivity contribution in [1.29, 1.82) is 0 Å². The van der Waals surface area contributed by atoms with Crippen molar-refractivity contribution in [3.8, 4) is 11.1 Å². The van der Waals surface area contributed by atoms with Crippen LogP contribution < -0.4 is 0 Å². The highest BCUT2D eigenvalue weighted by molar-refractivity contribution is 5.84. The van der Waals surface area contributed by atoms with E-state index in [4.69, 9.17) is 0 Å². The normalized spacial score (nSPS) is 10.7. The Morgan fingerprint density at radius 1 is 0.944 bits per heavy atom. The van der Waals surface area contributed by atoms with Gasteiger partial charge in [-0.2, -0.15) is 0 Å². The van der Waals surface area contributed by atoms with Crippen LogP contribution >= 0.6 is 0 Å². The average Bonchev–Trinajstić information content (AvgIpc) is 2.46. The number of nitrogens with zero attached hydrogens (tertiary/aromatic N) is 1. The molecule has 0 amide bonds. The molecule has 1 N–H and O–H groups in total. The zero-order chi connectivity index (χ0) is 12.4. The van der Waals surface area contributed by atoms with E-state index in [0.29, 0.717) is 0 Å². The lowest BCUT2D eigenvalue weighted by Crippen LogP contribution is -1.89. The summed E-state index contributed by atoms with van der Waals surface area (Å²) in [5.74, 6) is 0. The van der Waals surface area contributed by atoms with E-state index in [1.807, 2.05) is 48.5 Å². The van der Waals surface area contributed by atoms with Gasteiger partial charge in [0.05, 0.1) is 12.1 Å². The number of aliphatic hydroxyl groups is 1. The summed E-state index contributed by atoms with van der Waals surface area (Å²) in [5, 5.41) is 10.5. The minimum absolute atomic E-state index is 0.0568. The Morgan fingerprint density at radius 2 is 1.83 bits per heavy atom. The fourth-order valence-electron chi connectivity index (χ4n) is 2.18. The molecular weight excluding hydrogens is 222 g/mol. The Bertz CT molecular complexity index is 691. The van der Waals surface area contributed by atoms with Gasteiger partial charge in [-0.1, -0.05) is 36.4 Å². The van der Waals surface area contributed by atoms with E-state index in [1.54, 1.807) is 6.20 Å². The van der Waals surface area contributed by atoms with Crippen molar-refractivity contribution in [2.75, 3.05) is 0 Å². The highest BCUT2D eigenvalue weighted by Crippen LogP contribution is 2.26. The van der Waals surface area contributed by atoms with E-state index in [0.717, 1.165) is 27.6 Å². The number of hydrogen-bond donors (Lipinski definition) is 1. The van der Waals surface area contributed by atoms with Crippen LogP contribution in [0.3, 0.4) is 0 Å². The topological polar surface area (TPSA) is 33.1 Å². The molecule has 0 saturated carbocycles. The lowest BCUT2D eigenvalue weighted by Gasteiger charge is -2.08. The number of aromatic nitrogens is 1. The van der Waals surface area contributed by atoms with Gasteiger partial charge in [0, 0.05) is 11.6 Å². The Morgan fingerprint density at radius 3 is 2.72 bits per heavy atom. The molecular formula is C16H13NO. The third-order valence-corrected chi connectivity index (χ3v) is 3.10. The zero-order valence-electron chi connectivity index (χ0n) is 9.88. The van der Waals surface area contributed by atoms with E-state index in [2.05, 4.69) is 11.1 Å². The number of aliphatic hydroxyl groups excluding tert-OH is 1. The number of fused-ring (bicyclic) bond motifs is 1. The van der Waals surface area contributed by atoms with Crippen LogP contribution in [0.15, 0.2) is 60.8 Å². The van der Waals surface area contributed by atoms with Gasteiger partial charge in [0.15, 0.2) is 0 Å². The number of pyridine rings is 1. The van der Waals surface area contributed by atoms with Crippen molar-refractivity contribution in [1.82, 2.24) is 4.98 Å². The second kappa shape index (κ2) is 4.59. The Balaban J connectivity index is 2.19. The first kappa shape index (κ1) is 10.9. The Hall–Kier alpha value is -2.19. The van der Waals surface area contributed by atoms with E-state index in [-0.39, 0.29) is 6.61 Å². The number of rotatable bonds is 2. The molecule has 0 aliphatic carbocycles. The SMILES string of the molecule is OCc1ccccc1-c1ccc2ncccc2c1. The van der Waals surface area contributed by atoms with Crippen LogP contribution in [0.1, 0.15) is 5.56 Å². The third kappa shape index (κ3) is 1.87. The van der Waals surface area contributed by atoms with Crippen molar-refractivity contribution in [2.45, 2.75) is 6.61 Å². The molecule has 0 unspecified atom stereocenters. The van der Waals surface area contributed by atoms with Crippen molar-refractivity contribution >= 4 is 10.9 Å². The molecule has 2 aromatic carbocycles. The molecule has 0 atom stereocenters. The maximum absolute atomic E-state index is 9.38. The second-order valence-corrected chi connectivity index (χ2v) is 4.23. The first-order valence-corrected chi connectivity index (χ1v) is 5.92. The monoisotopic (exact) mass is 235 g/mol. The lowest BCUT2D eigenvalue weighted by molar-refractivity contribution is 0.282. The maximum Gasteiger partial charge on any atom is 0.0702 e. The van der Waals surface area contributed by atoms with Gasteiger partial charge in [-0.05, 0) is 34.9 Å². The van der Waals surface area contributed by atoms with E-state index in [9.17, 15) is 5.11 Å². The van der Waals surface area contributed by atoms with Gasteiger partial charge in [0.1, 0.15) is 0 Å². The third-order valence-electron chi connectivity index (χ3n) is 3.10. The Kier molecular flexibility index (Phi) is 2.79. The largest absolute Gasteiger partial charge is 0.392 e. The molecule has 1 aromatic heterocycles. The average molecular weight is 235 g/mol. The Labute approximate surface area is 106 Å². The summed E-state index contributed by atoms with van der Waals surface area (Å²) in [5.41, 5.74) is 4.12. The molecule has 3 rings (SSSR count). The second-order valence-electron chi connectivity index (χ2n) is 4.23. The smallest absolute Gasteiger partial charge is 0.0702 e. The molecule has 0 aliphatic heterocycles. The quantitative estimate of drug-likeness (QED) is 0.738. The van der Waals surface area contributed by atoms with Gasteiger partial charge in [-0.3, -0.25) is 4.98 Å². The van der Waals surface area contributed by atoms with Crippen molar-refractivity contribution in [3.63, 3.8) is 0 Å². The van der Waals surface area contributed by atoms with Crippen molar-refractivity contribution in [2.24, 2.45) is 0 Å². The highest BCUT2D eigenvalue weighted by Gasteiger charge is 2.04. The maximum atomic E-state index is 9.38. The summed E-state index contributed by atoms with van der Waals surface area (Å²) >= 11 is 0. The van der Waals surface area contributed by atoms with Crippen LogP contribution in [0.5, 0.6) is 0 Å². The molecule has 0 saturated heterocycles. The highest BCUT2D eigenvalue weighted by atomic mass is 16.3. The molecule has 2 heteroatoms. The molecule has 88 valence electrons. The van der Waals surface area contributed by atoms with E-state index in [1.165, 1.54) is 0 Å². The number of hydrogen-bond acceptors (Lipinski definition) is 2. The van der Waals surface area contributed by atoms with Gasteiger partial charge < -0.3 is 5.11 Å². The molecule has 18 heavy (non-hydrogen) atoms. The first-order valence-electron chi connectivity index (χ1n) is 5.92. The van der Waals surface area contributed by atoms with Crippen LogP contribution in [0.25, 0.3) is 22.0 Å². The van der Waals surface area contributed by atoms with Crippen LogP contribution in [0.4, 0.5) is 0 Å². The standard InChI is InChI=1S/C16H13NO/c18-11-14-4-1-2-6-15(14)12-7-8-16-13(10-12)5-3-9-17-16/h1-10,18H,11H2. The zero-order valence-corrected chi connectivity index (χ0v) is 9.88. The molecule has 1 heterocycles. The first-order chi connectivity index (χ1) is 8.88. The van der Waals surface area contributed by atoms with Crippen LogP contribution in [0.2, 0.25) is 0 Å². The number of benzene rings is 2. The van der Waals surface area contributed by atoms with Crippen LogP contribution in [-0.2, 0) is 6.61 Å². The molecule has 3 aromatic rings. The molecule has 2 nitrogen and oxygen atoms in total. The molecule has 0 fully saturated rings. The van der Waals surface area contributed by atoms with Crippen LogP contribution in [0, 0.1) is 0 Å². The molecule has 0 spiro atoms. The van der Waals surface area contributed by atoms with Gasteiger partial charge in [-0.15, -0.1) is 0 Å². The molecule has 0 radical (unpaired) electrons. The van der Waals surface area contributed by atoms with Crippen LogP contribution in [-0.4, -0.2) is 10.1 Å². The van der Waals surface area contributed by atoms with Gasteiger partial charge in [-0.25, -0.2) is 0 Å². The predicted molar refractivity (Wildman–Crippen MR) is 73.1 cm³/mol. The summed E-state index contributed by atoms with van der Waals surface area (Å²) in [6.45, 7) is 0.0568. The minimum Gasteiger partial charge on any atom is -0.392 e. The molecule has 0 aliphatic rings. The summed E-state index contributed by atoms with van der Waals surface area (Å²) in [4.78, 5) is 4.31. The summed E-state index contributed by atoms with van der Waals surface area (Å²) in [7, 11) is 0. The fraction of sp³-hybridized carbons (Fsp3) is 0.0625. The van der Waals surface area contributed by atoms with E-state index < -0.39 is 0 Å². The van der Waals surface area contributed by atoms with Gasteiger partial charge in [0.2, 0.25) is 0 Å². The van der Waals surface area contributed by atoms with Crippen molar-refractivity contribution in [3.05, 3.63) is 66.4 Å². The summed E-state index contributed by atoms with van der Waals surface area (Å²) in [6, 6.07) is 18.1. The van der Waals surface area contributed by atoms with Crippen molar-refractivity contribution < 1.29 is 5.11 Å². The van der Waals surface area contributed by atoms with Gasteiger partial charge in [0.25, 0.3) is 0 Å². The predicted octanol–water partition coefficient (Wildman–Crippen LogP) is 3.39. The summed E-state index contributed by atoms with van der Waals surface area (Å²) in [6.07, 6.45) is 1.80. The molecule has 0 bridgehead atoms. The lowest BCUT2D eigenvalue weighted by atomic mass is 9.99. The van der Waals surface area contributed by atoms with Gasteiger partial charge >= 0.3 is 0 Å². The fourth-order valence-corrected chi connectivity index (χ4v) is 2.18.